The number of nitrogens with zero attached hydrogens (tertiary/aromatic N) is 1. The topological polar surface area (TPSA) is 62.1 Å². The Bertz CT molecular complexity index is 762. The summed E-state index contributed by atoms with van der Waals surface area (Å²) in [4.78, 5) is 12.5. The maximum Gasteiger partial charge on any atom is 0.341 e. The molecule has 2 rings (SSSR count). The molecule has 1 aromatic carbocycles. The van der Waals surface area contributed by atoms with E-state index in [9.17, 15) is 9.18 Å². The zero-order chi connectivity index (χ0) is 16.3. The first kappa shape index (κ1) is 16.0. The van der Waals surface area contributed by atoms with Crippen LogP contribution in [0, 0.1) is 31.0 Å². The minimum Gasteiger partial charge on any atom is -0.462 e. The normalized spacial score (nSPS) is 10.1. The van der Waals surface area contributed by atoms with Gasteiger partial charge in [-0.2, -0.15) is 5.26 Å². The van der Waals surface area contributed by atoms with Crippen molar-refractivity contribution >= 4 is 28.0 Å². The SMILES string of the molecule is CCOC(=O)c1c(Nc2ccc(C)cc2F)sc(C#N)c1C. The number of benzene rings is 1. The molecule has 0 aliphatic heterocycles. The number of anilines is 2. The van der Waals surface area contributed by atoms with Gasteiger partial charge in [-0.25, -0.2) is 9.18 Å². The number of nitrogens with one attached hydrogen (secondary N) is 1. The van der Waals surface area contributed by atoms with Gasteiger partial charge in [-0.15, -0.1) is 11.3 Å². The van der Waals surface area contributed by atoms with Gasteiger partial charge in [0.1, 0.15) is 21.8 Å². The van der Waals surface area contributed by atoms with Crippen LogP contribution in [-0.2, 0) is 4.74 Å². The van der Waals surface area contributed by atoms with Crippen LogP contribution in [-0.4, -0.2) is 12.6 Å². The molecule has 0 aliphatic carbocycles. The minimum atomic E-state index is -0.521. The predicted octanol–water partition coefficient (Wildman–Crippen LogP) is 4.30. The number of aryl methyl sites for hydroxylation is 1. The van der Waals surface area contributed by atoms with E-state index in [0.29, 0.717) is 15.4 Å². The predicted molar refractivity (Wildman–Crippen MR) is 84.1 cm³/mol. The summed E-state index contributed by atoms with van der Waals surface area (Å²) in [7, 11) is 0. The third-order valence-corrected chi connectivity index (χ3v) is 4.21. The van der Waals surface area contributed by atoms with Crippen LogP contribution in [0.3, 0.4) is 0 Å². The quantitative estimate of drug-likeness (QED) is 0.854. The van der Waals surface area contributed by atoms with Crippen molar-refractivity contribution in [3.63, 3.8) is 0 Å². The summed E-state index contributed by atoms with van der Waals surface area (Å²) < 4.78 is 19.0. The van der Waals surface area contributed by atoms with Crippen LogP contribution in [0.15, 0.2) is 18.2 Å². The van der Waals surface area contributed by atoms with Crippen LogP contribution in [0.25, 0.3) is 0 Å². The number of ether oxygens (including phenoxy) is 1. The second-order valence-electron chi connectivity index (χ2n) is 4.70. The van der Waals surface area contributed by atoms with Crippen molar-refractivity contribution < 1.29 is 13.9 Å². The molecule has 0 spiro atoms. The number of hydrogen-bond acceptors (Lipinski definition) is 5. The molecule has 1 heterocycles. The highest BCUT2D eigenvalue weighted by molar-refractivity contribution is 7.17. The average molecular weight is 318 g/mol. The maximum absolute atomic E-state index is 14.0. The summed E-state index contributed by atoms with van der Waals surface area (Å²) in [6.07, 6.45) is 0. The highest BCUT2D eigenvalue weighted by atomic mass is 32.1. The summed E-state index contributed by atoms with van der Waals surface area (Å²) >= 11 is 1.11. The third-order valence-electron chi connectivity index (χ3n) is 3.10. The Labute approximate surface area is 132 Å². The first-order valence-electron chi connectivity index (χ1n) is 6.71. The smallest absolute Gasteiger partial charge is 0.341 e. The Kier molecular flexibility index (Phi) is 4.78. The molecule has 0 atom stereocenters. The molecule has 1 aromatic heterocycles. The molecule has 0 bridgehead atoms. The van der Waals surface area contributed by atoms with Crippen molar-refractivity contribution in [3.8, 4) is 6.07 Å². The van der Waals surface area contributed by atoms with E-state index in [0.717, 1.165) is 16.9 Å². The molecular formula is C16H15FN2O2S. The summed E-state index contributed by atoms with van der Waals surface area (Å²) in [6.45, 7) is 5.41. The van der Waals surface area contributed by atoms with E-state index in [1.807, 2.05) is 6.07 Å². The van der Waals surface area contributed by atoms with E-state index in [1.165, 1.54) is 6.07 Å². The van der Waals surface area contributed by atoms with Gasteiger partial charge in [0.15, 0.2) is 0 Å². The summed E-state index contributed by atoms with van der Waals surface area (Å²) in [5.41, 5.74) is 1.87. The Balaban J connectivity index is 2.46. The second kappa shape index (κ2) is 6.58. The number of carbonyl (C=O) groups excluding carboxylic acids is 1. The van der Waals surface area contributed by atoms with Crippen molar-refractivity contribution in [2.75, 3.05) is 11.9 Å². The van der Waals surface area contributed by atoms with Crippen molar-refractivity contribution in [2.24, 2.45) is 0 Å². The number of thiophene rings is 1. The van der Waals surface area contributed by atoms with Crippen LogP contribution in [0.4, 0.5) is 15.1 Å². The third kappa shape index (κ3) is 3.10. The number of nitriles is 1. The van der Waals surface area contributed by atoms with Crippen LogP contribution < -0.4 is 5.32 Å². The Morgan fingerprint density at radius 1 is 1.45 bits per heavy atom. The van der Waals surface area contributed by atoms with Crippen LogP contribution in [0.2, 0.25) is 0 Å². The fourth-order valence-corrected chi connectivity index (χ4v) is 3.01. The molecule has 0 aliphatic rings. The molecule has 1 N–H and O–H groups in total. The maximum atomic E-state index is 14.0. The number of rotatable bonds is 4. The standard InChI is InChI=1S/C16H15FN2O2S/c1-4-21-16(20)14-10(3)13(8-18)22-15(14)19-12-6-5-9(2)7-11(12)17/h5-7,19H,4H2,1-3H3. The fourth-order valence-electron chi connectivity index (χ4n) is 2.00. The molecule has 0 saturated carbocycles. The molecule has 0 radical (unpaired) electrons. The summed E-state index contributed by atoms with van der Waals surface area (Å²) in [6, 6.07) is 6.80. The molecule has 0 unspecified atom stereocenters. The zero-order valence-corrected chi connectivity index (χ0v) is 13.3. The molecule has 2 aromatic rings. The van der Waals surface area contributed by atoms with Crippen molar-refractivity contribution in [1.29, 1.82) is 5.26 Å². The highest BCUT2D eigenvalue weighted by Crippen LogP contribution is 2.35. The van der Waals surface area contributed by atoms with E-state index in [1.54, 1.807) is 32.9 Å². The highest BCUT2D eigenvalue weighted by Gasteiger charge is 2.23. The Morgan fingerprint density at radius 3 is 2.77 bits per heavy atom. The van der Waals surface area contributed by atoms with Crippen molar-refractivity contribution in [2.45, 2.75) is 20.8 Å². The second-order valence-corrected chi connectivity index (χ2v) is 5.72. The van der Waals surface area contributed by atoms with Crippen molar-refractivity contribution in [3.05, 3.63) is 45.6 Å². The minimum absolute atomic E-state index is 0.230. The van der Waals surface area contributed by atoms with E-state index < -0.39 is 11.8 Å². The van der Waals surface area contributed by atoms with Crippen LogP contribution in [0.1, 0.15) is 33.3 Å². The van der Waals surface area contributed by atoms with Crippen LogP contribution >= 0.6 is 11.3 Å². The van der Waals surface area contributed by atoms with Crippen LogP contribution in [0.5, 0.6) is 0 Å². The average Bonchev–Trinajstić information content (AvgIpc) is 2.78. The first-order valence-corrected chi connectivity index (χ1v) is 7.53. The van der Waals surface area contributed by atoms with Crippen molar-refractivity contribution in [1.82, 2.24) is 0 Å². The monoisotopic (exact) mass is 318 g/mol. The lowest BCUT2D eigenvalue weighted by Gasteiger charge is -2.09. The van der Waals surface area contributed by atoms with E-state index in [-0.39, 0.29) is 17.9 Å². The van der Waals surface area contributed by atoms with Gasteiger partial charge >= 0.3 is 5.97 Å². The molecule has 6 heteroatoms. The van der Waals surface area contributed by atoms with Gasteiger partial charge in [0, 0.05) is 0 Å². The lowest BCUT2D eigenvalue weighted by Crippen LogP contribution is -2.08. The van der Waals surface area contributed by atoms with Gasteiger partial charge in [-0.05, 0) is 44.0 Å². The first-order chi connectivity index (χ1) is 10.5. The van der Waals surface area contributed by atoms with Gasteiger partial charge in [-0.3, -0.25) is 0 Å². The molecule has 0 amide bonds. The molecular weight excluding hydrogens is 303 g/mol. The molecule has 114 valence electrons. The van der Waals surface area contributed by atoms with Gasteiger partial charge in [-0.1, -0.05) is 6.07 Å². The number of esters is 1. The largest absolute Gasteiger partial charge is 0.462 e. The van der Waals surface area contributed by atoms with E-state index >= 15 is 0 Å². The molecule has 4 nitrogen and oxygen atoms in total. The van der Waals surface area contributed by atoms with E-state index in [2.05, 4.69) is 5.32 Å². The lowest BCUT2D eigenvalue weighted by atomic mass is 10.1. The lowest BCUT2D eigenvalue weighted by molar-refractivity contribution is 0.0527. The molecule has 0 saturated heterocycles. The fraction of sp³-hybridized carbons (Fsp3) is 0.250. The van der Waals surface area contributed by atoms with E-state index in [4.69, 9.17) is 10.00 Å². The van der Waals surface area contributed by atoms with Gasteiger partial charge in [0.05, 0.1) is 17.9 Å². The Hall–Kier alpha value is -2.39. The zero-order valence-electron chi connectivity index (χ0n) is 12.5. The number of carbonyl (C=O) groups is 1. The van der Waals surface area contributed by atoms with Gasteiger partial charge in [0.2, 0.25) is 0 Å². The molecule has 22 heavy (non-hydrogen) atoms. The number of halogens is 1. The summed E-state index contributed by atoms with van der Waals surface area (Å²) in [5, 5.41) is 12.4. The number of hydrogen-bond donors (Lipinski definition) is 1. The van der Waals surface area contributed by atoms with Gasteiger partial charge in [0.25, 0.3) is 0 Å². The summed E-state index contributed by atoms with van der Waals surface area (Å²) in [5.74, 6) is -0.938. The van der Waals surface area contributed by atoms with Gasteiger partial charge < -0.3 is 10.1 Å². The molecule has 0 fully saturated rings. The Morgan fingerprint density at radius 2 is 2.18 bits per heavy atom.